The third-order valence-corrected chi connectivity index (χ3v) is 6.41. The Morgan fingerprint density at radius 3 is 2.31 bits per heavy atom. The molecule has 3 heterocycles. The van der Waals surface area contributed by atoms with Gasteiger partial charge in [0, 0.05) is 5.92 Å². The molecular weight excluding hydrogens is 446 g/mol. The number of aromatic nitrogens is 3. The molecule has 0 saturated carbocycles. The fourth-order valence-electron chi connectivity index (χ4n) is 4.56. The summed E-state index contributed by atoms with van der Waals surface area (Å²) in [5.74, 6) is -1.94. The molecule has 5 rings (SSSR count). The first-order valence-electron chi connectivity index (χ1n) is 11.5. The SMILES string of the molecule is C[C@H]1[C@H](OCc2ccccc2)[C@@H](COCc2ccccc2)OC1(O)c1ccc2c(N)nc(N)nn12. The van der Waals surface area contributed by atoms with E-state index >= 15 is 0 Å². The summed E-state index contributed by atoms with van der Waals surface area (Å²) in [4.78, 5) is 4.00. The lowest BCUT2D eigenvalue weighted by Gasteiger charge is -2.27. The summed E-state index contributed by atoms with van der Waals surface area (Å²) in [5.41, 5.74) is 14.9. The molecule has 9 heteroatoms. The van der Waals surface area contributed by atoms with Gasteiger partial charge in [-0.15, -0.1) is 5.10 Å². The minimum Gasteiger partial charge on any atom is -0.382 e. The van der Waals surface area contributed by atoms with Gasteiger partial charge >= 0.3 is 0 Å². The molecule has 35 heavy (non-hydrogen) atoms. The lowest BCUT2D eigenvalue weighted by molar-refractivity contribution is -0.228. The molecule has 0 amide bonds. The first-order valence-corrected chi connectivity index (χ1v) is 11.5. The molecular formula is C26H29N5O4. The Morgan fingerprint density at radius 2 is 1.63 bits per heavy atom. The van der Waals surface area contributed by atoms with E-state index in [4.69, 9.17) is 25.7 Å². The summed E-state index contributed by atoms with van der Waals surface area (Å²) >= 11 is 0. The molecule has 1 saturated heterocycles. The Morgan fingerprint density at radius 1 is 0.971 bits per heavy atom. The first-order chi connectivity index (χ1) is 17.0. The van der Waals surface area contributed by atoms with Crippen molar-refractivity contribution in [1.29, 1.82) is 0 Å². The molecule has 182 valence electrons. The van der Waals surface area contributed by atoms with Crippen molar-refractivity contribution < 1.29 is 19.3 Å². The topological polar surface area (TPSA) is 130 Å². The molecule has 0 radical (unpaired) electrons. The summed E-state index contributed by atoms with van der Waals surface area (Å²) < 4.78 is 20.1. The number of aliphatic hydroxyl groups is 1. The van der Waals surface area contributed by atoms with E-state index < -0.39 is 23.9 Å². The number of ether oxygens (including phenoxy) is 3. The Kier molecular flexibility index (Phi) is 6.40. The molecule has 0 bridgehead atoms. The second-order valence-electron chi connectivity index (χ2n) is 8.77. The van der Waals surface area contributed by atoms with Gasteiger partial charge in [-0.3, -0.25) is 0 Å². The summed E-state index contributed by atoms with van der Waals surface area (Å²) in [6.45, 7) is 2.93. The normalized spacial score (nSPS) is 24.2. The van der Waals surface area contributed by atoms with Crippen LogP contribution in [0, 0.1) is 5.92 Å². The number of rotatable bonds is 8. The molecule has 4 aromatic rings. The zero-order chi connectivity index (χ0) is 24.4. The molecule has 1 aliphatic heterocycles. The third-order valence-electron chi connectivity index (χ3n) is 6.41. The van der Waals surface area contributed by atoms with E-state index in [1.165, 1.54) is 4.52 Å². The zero-order valence-corrected chi connectivity index (χ0v) is 19.4. The van der Waals surface area contributed by atoms with Crippen LogP contribution in [-0.2, 0) is 33.2 Å². The van der Waals surface area contributed by atoms with Gasteiger partial charge < -0.3 is 30.8 Å². The number of nitrogens with two attached hydrogens (primary N) is 2. The van der Waals surface area contributed by atoms with Gasteiger partial charge in [-0.1, -0.05) is 67.6 Å². The standard InChI is InChI=1S/C26H29N5O4/c1-17-23(34-15-19-10-6-3-7-11-19)21(16-33-14-18-8-4-2-5-9-18)35-26(17,32)22-13-12-20-24(27)29-25(28)30-31(20)22/h2-13,17,21,23,32H,14-16H2,1H3,(H4,27,28,29,30)/t17-,21+,23-,26?/m0/s1. The van der Waals surface area contributed by atoms with Crippen molar-refractivity contribution in [2.24, 2.45) is 5.92 Å². The highest BCUT2D eigenvalue weighted by Crippen LogP contribution is 2.44. The van der Waals surface area contributed by atoms with E-state index in [2.05, 4.69) is 10.1 Å². The largest absolute Gasteiger partial charge is 0.382 e. The van der Waals surface area contributed by atoms with Gasteiger partial charge in [0.05, 0.1) is 25.9 Å². The highest BCUT2D eigenvalue weighted by atomic mass is 16.7. The Hall–Kier alpha value is -3.50. The molecule has 1 aliphatic rings. The van der Waals surface area contributed by atoms with Crippen LogP contribution in [0.2, 0.25) is 0 Å². The summed E-state index contributed by atoms with van der Waals surface area (Å²) in [6, 6.07) is 23.2. The van der Waals surface area contributed by atoms with Crippen LogP contribution in [0.5, 0.6) is 0 Å². The van der Waals surface area contributed by atoms with Gasteiger partial charge in [-0.2, -0.15) is 4.98 Å². The van der Waals surface area contributed by atoms with E-state index in [1.807, 2.05) is 67.6 Å². The maximum absolute atomic E-state index is 11.8. The molecule has 5 N–H and O–H groups in total. The van der Waals surface area contributed by atoms with Crippen molar-refractivity contribution in [3.05, 3.63) is 89.6 Å². The van der Waals surface area contributed by atoms with Crippen LogP contribution >= 0.6 is 0 Å². The lowest BCUT2D eigenvalue weighted by atomic mass is 9.93. The highest BCUT2D eigenvalue weighted by molar-refractivity contribution is 5.67. The predicted molar refractivity (Wildman–Crippen MR) is 131 cm³/mol. The Balaban J connectivity index is 1.41. The summed E-state index contributed by atoms with van der Waals surface area (Å²) in [7, 11) is 0. The van der Waals surface area contributed by atoms with Gasteiger partial charge in [0.25, 0.3) is 0 Å². The minimum atomic E-state index is -1.71. The van der Waals surface area contributed by atoms with Gasteiger partial charge in [0.15, 0.2) is 5.82 Å². The molecule has 0 aliphatic carbocycles. The molecule has 4 atom stereocenters. The third kappa shape index (κ3) is 4.59. The second-order valence-corrected chi connectivity index (χ2v) is 8.77. The molecule has 2 aromatic carbocycles. The summed E-state index contributed by atoms with van der Waals surface area (Å²) in [5, 5.41) is 16.1. The maximum atomic E-state index is 11.8. The van der Waals surface area contributed by atoms with Crippen LogP contribution in [0.1, 0.15) is 23.7 Å². The number of hydrogen-bond acceptors (Lipinski definition) is 8. The number of anilines is 2. The molecule has 0 spiro atoms. The molecule has 1 unspecified atom stereocenters. The maximum Gasteiger partial charge on any atom is 0.240 e. The Bertz CT molecular complexity index is 1280. The number of nitrogen functional groups attached to an aromatic ring is 2. The van der Waals surface area contributed by atoms with Crippen LogP contribution < -0.4 is 11.5 Å². The van der Waals surface area contributed by atoms with Gasteiger partial charge in [-0.05, 0) is 23.3 Å². The fourth-order valence-corrected chi connectivity index (χ4v) is 4.56. The van der Waals surface area contributed by atoms with Crippen LogP contribution in [0.15, 0.2) is 72.8 Å². The van der Waals surface area contributed by atoms with E-state index in [0.717, 1.165) is 11.1 Å². The first kappa shape index (κ1) is 23.3. The zero-order valence-electron chi connectivity index (χ0n) is 19.4. The van der Waals surface area contributed by atoms with Crippen molar-refractivity contribution in [1.82, 2.24) is 14.6 Å². The summed E-state index contributed by atoms with van der Waals surface area (Å²) in [6.07, 6.45) is -0.970. The van der Waals surface area contributed by atoms with Crippen molar-refractivity contribution in [2.75, 3.05) is 18.1 Å². The van der Waals surface area contributed by atoms with Crippen molar-refractivity contribution in [3.63, 3.8) is 0 Å². The van der Waals surface area contributed by atoms with Crippen LogP contribution in [0.3, 0.4) is 0 Å². The number of nitrogens with zero attached hydrogens (tertiary/aromatic N) is 3. The fraction of sp³-hybridized carbons (Fsp3) is 0.308. The van der Waals surface area contributed by atoms with Crippen LogP contribution in [-0.4, -0.2) is 38.5 Å². The van der Waals surface area contributed by atoms with E-state index in [1.54, 1.807) is 12.1 Å². The predicted octanol–water partition coefficient (Wildman–Crippen LogP) is 2.88. The highest BCUT2D eigenvalue weighted by Gasteiger charge is 2.55. The van der Waals surface area contributed by atoms with E-state index in [0.29, 0.717) is 24.4 Å². The van der Waals surface area contributed by atoms with Crippen LogP contribution in [0.4, 0.5) is 11.8 Å². The Labute approximate surface area is 203 Å². The number of benzene rings is 2. The molecule has 9 nitrogen and oxygen atoms in total. The van der Waals surface area contributed by atoms with E-state index in [-0.39, 0.29) is 18.4 Å². The number of fused-ring (bicyclic) bond motifs is 1. The van der Waals surface area contributed by atoms with Crippen molar-refractivity contribution >= 4 is 17.3 Å². The van der Waals surface area contributed by atoms with Crippen molar-refractivity contribution in [3.8, 4) is 0 Å². The average molecular weight is 476 g/mol. The van der Waals surface area contributed by atoms with Gasteiger partial charge in [-0.25, -0.2) is 4.52 Å². The second kappa shape index (κ2) is 9.63. The monoisotopic (exact) mass is 475 g/mol. The molecule has 2 aromatic heterocycles. The minimum absolute atomic E-state index is 0.00122. The smallest absolute Gasteiger partial charge is 0.240 e. The average Bonchev–Trinajstić information content (AvgIpc) is 3.39. The number of hydrogen-bond donors (Lipinski definition) is 3. The van der Waals surface area contributed by atoms with Gasteiger partial charge in [0.2, 0.25) is 11.7 Å². The lowest BCUT2D eigenvalue weighted by Crippen LogP contribution is -2.36. The van der Waals surface area contributed by atoms with Crippen molar-refractivity contribution in [2.45, 2.75) is 38.1 Å². The quantitative estimate of drug-likeness (QED) is 0.355. The van der Waals surface area contributed by atoms with Gasteiger partial charge in [0.1, 0.15) is 17.3 Å². The van der Waals surface area contributed by atoms with Crippen LogP contribution in [0.25, 0.3) is 5.52 Å². The van der Waals surface area contributed by atoms with E-state index in [9.17, 15) is 5.11 Å². The molecule has 1 fully saturated rings.